The lowest BCUT2D eigenvalue weighted by Gasteiger charge is -2.04. The van der Waals surface area contributed by atoms with Crippen molar-refractivity contribution in [3.8, 4) is 5.75 Å². The highest BCUT2D eigenvalue weighted by atomic mass is 16.5. The van der Waals surface area contributed by atoms with Gasteiger partial charge in [0.25, 0.3) is 0 Å². The first-order valence-corrected chi connectivity index (χ1v) is 5.11. The molecule has 2 aromatic rings. The maximum Gasteiger partial charge on any atom is 0.124 e. The van der Waals surface area contributed by atoms with Gasteiger partial charge >= 0.3 is 0 Å². The Kier molecular flexibility index (Phi) is 3.56. The molecule has 16 heavy (non-hydrogen) atoms. The highest BCUT2D eigenvalue weighted by Gasteiger charge is 1.97. The minimum Gasteiger partial charge on any atom is -0.497 e. The van der Waals surface area contributed by atoms with Crippen LogP contribution in [0, 0.1) is 0 Å². The quantitative estimate of drug-likeness (QED) is 0.833. The molecule has 0 saturated heterocycles. The van der Waals surface area contributed by atoms with Crippen molar-refractivity contribution in [3.63, 3.8) is 0 Å². The molecule has 0 amide bonds. The van der Waals surface area contributed by atoms with Gasteiger partial charge in [0.05, 0.1) is 12.8 Å². The molecule has 0 fully saturated rings. The minimum absolute atomic E-state index is 0.711. The SMILES string of the molecule is COc1ccc(CNCc2ccon2)cc1. The van der Waals surface area contributed by atoms with Crippen molar-refractivity contribution < 1.29 is 9.26 Å². The van der Waals surface area contributed by atoms with E-state index in [0.717, 1.165) is 18.0 Å². The fourth-order valence-corrected chi connectivity index (χ4v) is 1.41. The summed E-state index contributed by atoms with van der Waals surface area (Å²) in [6, 6.07) is 9.82. The van der Waals surface area contributed by atoms with Crippen LogP contribution in [-0.4, -0.2) is 12.3 Å². The number of rotatable bonds is 5. The Morgan fingerprint density at radius 3 is 2.62 bits per heavy atom. The molecular formula is C12H14N2O2. The molecule has 84 valence electrons. The van der Waals surface area contributed by atoms with Gasteiger partial charge in [-0.3, -0.25) is 0 Å². The number of benzene rings is 1. The Hall–Kier alpha value is -1.81. The predicted molar refractivity (Wildman–Crippen MR) is 60.0 cm³/mol. The summed E-state index contributed by atoms with van der Waals surface area (Å²) >= 11 is 0. The van der Waals surface area contributed by atoms with Crippen LogP contribution in [0.5, 0.6) is 5.75 Å². The van der Waals surface area contributed by atoms with Gasteiger partial charge in [0, 0.05) is 19.2 Å². The van der Waals surface area contributed by atoms with Crippen molar-refractivity contribution in [3.05, 3.63) is 47.9 Å². The Morgan fingerprint density at radius 1 is 1.19 bits per heavy atom. The van der Waals surface area contributed by atoms with Gasteiger partial charge in [-0.1, -0.05) is 17.3 Å². The van der Waals surface area contributed by atoms with Crippen LogP contribution in [0.15, 0.2) is 41.1 Å². The molecule has 4 heteroatoms. The summed E-state index contributed by atoms with van der Waals surface area (Å²) in [5.41, 5.74) is 2.12. The standard InChI is InChI=1S/C12H14N2O2/c1-15-12-4-2-10(3-5-12)8-13-9-11-6-7-16-14-11/h2-7,13H,8-9H2,1H3. The summed E-state index contributed by atoms with van der Waals surface area (Å²) in [4.78, 5) is 0. The summed E-state index contributed by atoms with van der Waals surface area (Å²) in [6.45, 7) is 1.51. The van der Waals surface area contributed by atoms with Crippen molar-refractivity contribution in [1.82, 2.24) is 10.5 Å². The zero-order valence-electron chi connectivity index (χ0n) is 9.14. The molecule has 4 nitrogen and oxygen atoms in total. The summed E-state index contributed by atoms with van der Waals surface area (Å²) < 4.78 is 9.83. The third-order valence-corrected chi connectivity index (χ3v) is 2.29. The van der Waals surface area contributed by atoms with Crippen LogP contribution in [0.2, 0.25) is 0 Å². The van der Waals surface area contributed by atoms with Gasteiger partial charge in [-0.15, -0.1) is 0 Å². The summed E-state index contributed by atoms with van der Waals surface area (Å²) in [7, 11) is 1.66. The molecule has 0 aliphatic heterocycles. The van der Waals surface area contributed by atoms with Crippen LogP contribution in [0.4, 0.5) is 0 Å². The minimum atomic E-state index is 0.711. The maximum atomic E-state index is 5.09. The van der Waals surface area contributed by atoms with Gasteiger partial charge in [-0.25, -0.2) is 0 Å². The molecule has 0 atom stereocenters. The normalized spacial score (nSPS) is 10.3. The summed E-state index contributed by atoms with van der Waals surface area (Å²) in [5.74, 6) is 0.875. The van der Waals surface area contributed by atoms with E-state index in [1.807, 2.05) is 30.3 Å². The summed E-state index contributed by atoms with van der Waals surface area (Å²) in [5, 5.41) is 7.10. The van der Waals surface area contributed by atoms with Crippen molar-refractivity contribution in [2.45, 2.75) is 13.1 Å². The Balaban J connectivity index is 1.81. The second-order valence-electron chi connectivity index (χ2n) is 3.44. The molecule has 0 aliphatic rings. The molecule has 0 bridgehead atoms. The van der Waals surface area contributed by atoms with E-state index in [1.165, 1.54) is 5.56 Å². The fourth-order valence-electron chi connectivity index (χ4n) is 1.41. The topological polar surface area (TPSA) is 47.3 Å². The number of aromatic nitrogens is 1. The average molecular weight is 218 g/mol. The number of ether oxygens (including phenoxy) is 1. The third-order valence-electron chi connectivity index (χ3n) is 2.29. The van der Waals surface area contributed by atoms with E-state index in [4.69, 9.17) is 9.26 Å². The lowest BCUT2D eigenvalue weighted by atomic mass is 10.2. The highest BCUT2D eigenvalue weighted by Crippen LogP contribution is 2.10. The largest absolute Gasteiger partial charge is 0.497 e. The Bertz CT molecular complexity index is 409. The Morgan fingerprint density at radius 2 is 2.00 bits per heavy atom. The van der Waals surface area contributed by atoms with E-state index in [2.05, 4.69) is 10.5 Å². The molecule has 0 radical (unpaired) electrons. The van der Waals surface area contributed by atoms with Gasteiger partial charge in [0.2, 0.25) is 0 Å². The van der Waals surface area contributed by atoms with E-state index >= 15 is 0 Å². The van der Waals surface area contributed by atoms with Crippen LogP contribution in [0.1, 0.15) is 11.3 Å². The molecule has 1 aromatic carbocycles. The van der Waals surface area contributed by atoms with E-state index < -0.39 is 0 Å². The first-order valence-electron chi connectivity index (χ1n) is 5.11. The average Bonchev–Trinajstić information content (AvgIpc) is 2.83. The van der Waals surface area contributed by atoms with Crippen LogP contribution in [-0.2, 0) is 13.1 Å². The number of hydrogen-bond acceptors (Lipinski definition) is 4. The molecule has 0 spiro atoms. The molecule has 0 aliphatic carbocycles. The van der Waals surface area contributed by atoms with E-state index in [0.29, 0.717) is 6.54 Å². The summed E-state index contributed by atoms with van der Waals surface area (Å²) in [6.07, 6.45) is 1.57. The lowest BCUT2D eigenvalue weighted by molar-refractivity contribution is 0.408. The fraction of sp³-hybridized carbons (Fsp3) is 0.250. The highest BCUT2D eigenvalue weighted by molar-refractivity contribution is 5.27. The Labute approximate surface area is 94.2 Å². The van der Waals surface area contributed by atoms with Crippen LogP contribution >= 0.6 is 0 Å². The molecule has 1 aromatic heterocycles. The number of nitrogens with one attached hydrogen (secondary N) is 1. The van der Waals surface area contributed by atoms with Crippen molar-refractivity contribution >= 4 is 0 Å². The van der Waals surface area contributed by atoms with E-state index in [1.54, 1.807) is 13.4 Å². The van der Waals surface area contributed by atoms with Crippen molar-refractivity contribution in [2.75, 3.05) is 7.11 Å². The number of hydrogen-bond donors (Lipinski definition) is 1. The van der Waals surface area contributed by atoms with Crippen LogP contribution in [0.3, 0.4) is 0 Å². The van der Waals surface area contributed by atoms with Gasteiger partial charge in [0.1, 0.15) is 12.0 Å². The molecule has 1 heterocycles. The maximum absolute atomic E-state index is 5.09. The van der Waals surface area contributed by atoms with Gasteiger partial charge in [0.15, 0.2) is 0 Å². The predicted octanol–water partition coefficient (Wildman–Crippen LogP) is 1.97. The second-order valence-corrected chi connectivity index (χ2v) is 3.44. The molecule has 1 N–H and O–H groups in total. The van der Waals surface area contributed by atoms with Crippen molar-refractivity contribution in [1.29, 1.82) is 0 Å². The molecule has 2 rings (SSSR count). The monoisotopic (exact) mass is 218 g/mol. The van der Waals surface area contributed by atoms with Gasteiger partial charge in [-0.05, 0) is 17.7 Å². The zero-order valence-corrected chi connectivity index (χ0v) is 9.14. The first kappa shape index (κ1) is 10.7. The zero-order chi connectivity index (χ0) is 11.2. The molecular weight excluding hydrogens is 204 g/mol. The smallest absolute Gasteiger partial charge is 0.124 e. The number of methoxy groups -OCH3 is 1. The first-order chi connectivity index (χ1) is 7.88. The van der Waals surface area contributed by atoms with Crippen LogP contribution < -0.4 is 10.1 Å². The molecule has 0 saturated carbocycles. The van der Waals surface area contributed by atoms with E-state index in [-0.39, 0.29) is 0 Å². The molecule has 0 unspecified atom stereocenters. The van der Waals surface area contributed by atoms with Crippen molar-refractivity contribution in [2.24, 2.45) is 0 Å². The van der Waals surface area contributed by atoms with Gasteiger partial charge in [-0.2, -0.15) is 0 Å². The third kappa shape index (κ3) is 2.84. The second kappa shape index (κ2) is 5.32. The van der Waals surface area contributed by atoms with E-state index in [9.17, 15) is 0 Å². The lowest BCUT2D eigenvalue weighted by Crippen LogP contribution is -2.12. The number of nitrogens with zero attached hydrogens (tertiary/aromatic N) is 1. The van der Waals surface area contributed by atoms with Crippen LogP contribution in [0.25, 0.3) is 0 Å². The van der Waals surface area contributed by atoms with Gasteiger partial charge < -0.3 is 14.6 Å².